The summed E-state index contributed by atoms with van der Waals surface area (Å²) in [7, 11) is 0. The van der Waals surface area contributed by atoms with Gasteiger partial charge in [-0.2, -0.15) is 5.10 Å². The van der Waals surface area contributed by atoms with Gasteiger partial charge in [-0.25, -0.2) is 4.68 Å². The van der Waals surface area contributed by atoms with Gasteiger partial charge in [0.25, 0.3) is 0 Å². The Morgan fingerprint density at radius 1 is 1.30 bits per heavy atom. The molecule has 4 heterocycles. The zero-order valence-electron chi connectivity index (χ0n) is 15.7. The lowest BCUT2D eigenvalue weighted by Crippen LogP contribution is -2.40. The Balaban J connectivity index is 1.61. The summed E-state index contributed by atoms with van der Waals surface area (Å²) in [6.45, 7) is 7.11. The first-order valence-corrected chi connectivity index (χ1v) is 10.9. The molecule has 0 saturated heterocycles. The quantitative estimate of drug-likeness (QED) is 0.757. The molecule has 2 atom stereocenters. The number of ether oxygens (including phenoxy) is 2. The number of aryl methyl sites for hydroxylation is 1. The average Bonchev–Trinajstić information content (AvgIpc) is 3.23. The van der Waals surface area contributed by atoms with E-state index in [2.05, 4.69) is 29.7 Å². The first-order valence-electron chi connectivity index (χ1n) is 9.71. The van der Waals surface area contributed by atoms with Gasteiger partial charge in [0.2, 0.25) is 5.88 Å². The predicted octanol–water partition coefficient (Wildman–Crippen LogP) is 2.80. The number of rotatable bonds is 1. The van der Waals surface area contributed by atoms with Crippen molar-refractivity contribution in [2.45, 2.75) is 44.8 Å². The molecule has 2 aromatic rings. The van der Waals surface area contributed by atoms with Crippen LogP contribution in [-0.4, -0.2) is 48.7 Å². The first kappa shape index (κ1) is 19.2. The van der Waals surface area contributed by atoms with Gasteiger partial charge >= 0.3 is 0 Å². The highest BCUT2D eigenvalue weighted by atomic mass is 35.5. The fourth-order valence-electron chi connectivity index (χ4n) is 3.65. The monoisotopic (exact) mass is 410 g/mol. The van der Waals surface area contributed by atoms with Crippen molar-refractivity contribution in [1.29, 1.82) is 0 Å². The lowest BCUT2D eigenvalue weighted by Gasteiger charge is -2.22. The van der Waals surface area contributed by atoms with E-state index in [4.69, 9.17) is 26.2 Å². The van der Waals surface area contributed by atoms with Crippen LogP contribution in [0.1, 0.15) is 35.5 Å². The van der Waals surface area contributed by atoms with E-state index in [1.54, 1.807) is 11.3 Å². The van der Waals surface area contributed by atoms with E-state index >= 15 is 0 Å². The van der Waals surface area contributed by atoms with Crippen molar-refractivity contribution in [2.24, 2.45) is 0 Å². The summed E-state index contributed by atoms with van der Waals surface area (Å²) in [5.41, 5.74) is 2.33. The van der Waals surface area contributed by atoms with Crippen LogP contribution < -0.4 is 15.4 Å². The second-order valence-electron chi connectivity index (χ2n) is 7.22. The van der Waals surface area contributed by atoms with Crippen LogP contribution >= 0.6 is 22.9 Å². The van der Waals surface area contributed by atoms with Gasteiger partial charge in [0.1, 0.15) is 0 Å². The van der Waals surface area contributed by atoms with Crippen LogP contribution in [0.4, 0.5) is 0 Å². The third-order valence-electron chi connectivity index (χ3n) is 5.01. The van der Waals surface area contributed by atoms with Crippen molar-refractivity contribution < 1.29 is 9.47 Å². The minimum Gasteiger partial charge on any atom is -0.478 e. The van der Waals surface area contributed by atoms with Crippen LogP contribution in [0.2, 0.25) is 4.34 Å². The Labute approximate surface area is 169 Å². The van der Waals surface area contributed by atoms with Gasteiger partial charge in [0, 0.05) is 49.5 Å². The number of aromatic nitrogens is 2. The van der Waals surface area contributed by atoms with Gasteiger partial charge in [-0.15, -0.1) is 11.3 Å². The summed E-state index contributed by atoms with van der Waals surface area (Å²) in [5, 5.41) is 12.1. The second-order valence-corrected chi connectivity index (χ2v) is 8.99. The van der Waals surface area contributed by atoms with Crippen LogP contribution in [-0.2, 0) is 24.1 Å². The number of halogens is 1. The normalized spacial score (nSPS) is 24.7. The highest BCUT2D eigenvalue weighted by Gasteiger charge is 2.24. The molecular weight excluding hydrogens is 384 g/mol. The Morgan fingerprint density at radius 3 is 3.11 bits per heavy atom. The molecule has 2 aliphatic rings. The highest BCUT2D eigenvalue weighted by molar-refractivity contribution is 7.16. The summed E-state index contributed by atoms with van der Waals surface area (Å²) in [4.78, 5) is 1.31. The first-order chi connectivity index (χ1) is 13.2. The lowest BCUT2D eigenvalue weighted by molar-refractivity contribution is 0.138. The zero-order valence-corrected chi connectivity index (χ0v) is 17.2. The molecule has 2 unspecified atom stereocenters. The third kappa shape index (κ3) is 4.84. The summed E-state index contributed by atoms with van der Waals surface area (Å²) in [5.74, 6) is 0.879. The Bertz CT molecular complexity index is 739. The van der Waals surface area contributed by atoms with Gasteiger partial charge in [-0.3, -0.25) is 0 Å². The Hall–Kier alpha value is -1.12. The molecule has 0 radical (unpaired) electrons. The average molecular weight is 411 g/mol. The van der Waals surface area contributed by atoms with Crippen molar-refractivity contribution in [3.8, 4) is 5.88 Å². The molecule has 0 amide bonds. The van der Waals surface area contributed by atoms with Crippen molar-refractivity contribution in [1.82, 2.24) is 20.4 Å². The molecule has 0 bridgehead atoms. The lowest BCUT2D eigenvalue weighted by atomic mass is 10.0. The number of nitrogens with zero attached hydrogens (tertiary/aromatic N) is 2. The van der Waals surface area contributed by atoms with Crippen molar-refractivity contribution in [2.75, 3.05) is 32.9 Å². The van der Waals surface area contributed by atoms with E-state index in [0.29, 0.717) is 6.04 Å². The predicted molar refractivity (Wildman–Crippen MR) is 108 cm³/mol. The topological polar surface area (TPSA) is 60.3 Å². The highest BCUT2D eigenvalue weighted by Crippen LogP contribution is 2.32. The summed E-state index contributed by atoms with van der Waals surface area (Å²) in [6.07, 6.45) is 2.77. The van der Waals surface area contributed by atoms with E-state index in [0.717, 1.165) is 74.6 Å². The SMILES string of the molecule is CC1CNCCOCCc2cc(Cl)sc2CC(c2cc3n(n2)CCCO3)N1. The van der Waals surface area contributed by atoms with Crippen LogP contribution in [0, 0.1) is 0 Å². The van der Waals surface area contributed by atoms with E-state index in [-0.39, 0.29) is 6.04 Å². The molecule has 4 rings (SSSR count). The van der Waals surface area contributed by atoms with Gasteiger partial charge in [-0.1, -0.05) is 11.6 Å². The standard InChI is InChI=1S/C19H27ClN4O2S/c1-13-12-21-4-8-25-7-3-14-9-18(20)27-17(14)10-15(22-13)16-11-19-24(23-16)5-2-6-26-19/h9,11,13,15,21-22H,2-8,10,12H2,1H3. The van der Waals surface area contributed by atoms with Crippen LogP contribution in [0.15, 0.2) is 12.1 Å². The number of fused-ring (bicyclic) bond motifs is 2. The molecule has 2 aliphatic heterocycles. The maximum atomic E-state index is 6.34. The number of nitrogens with one attached hydrogen (secondary N) is 2. The molecule has 2 N–H and O–H groups in total. The molecular formula is C19H27ClN4O2S. The molecule has 148 valence electrons. The molecule has 27 heavy (non-hydrogen) atoms. The van der Waals surface area contributed by atoms with E-state index in [1.165, 1.54) is 10.4 Å². The number of hydrogen-bond donors (Lipinski definition) is 2. The van der Waals surface area contributed by atoms with E-state index in [1.807, 2.05) is 4.68 Å². The van der Waals surface area contributed by atoms with Gasteiger partial charge in [0.15, 0.2) is 0 Å². The van der Waals surface area contributed by atoms with Crippen molar-refractivity contribution >= 4 is 22.9 Å². The molecule has 0 aliphatic carbocycles. The fourth-order valence-corrected chi connectivity index (χ4v) is 5.04. The smallest absolute Gasteiger partial charge is 0.212 e. The minimum absolute atomic E-state index is 0.124. The van der Waals surface area contributed by atoms with Crippen LogP contribution in [0.3, 0.4) is 0 Å². The molecule has 8 heteroatoms. The molecule has 0 spiro atoms. The summed E-state index contributed by atoms with van der Waals surface area (Å²) < 4.78 is 14.4. The minimum atomic E-state index is 0.124. The largest absolute Gasteiger partial charge is 0.478 e. The Kier molecular flexibility index (Phi) is 6.35. The molecule has 0 saturated carbocycles. The molecule has 6 nitrogen and oxygen atoms in total. The summed E-state index contributed by atoms with van der Waals surface area (Å²) in [6, 6.07) is 4.62. The fraction of sp³-hybridized carbons (Fsp3) is 0.632. The number of hydrogen-bond acceptors (Lipinski definition) is 6. The number of thiophene rings is 1. The maximum absolute atomic E-state index is 6.34. The van der Waals surface area contributed by atoms with Crippen molar-refractivity contribution in [3.05, 3.63) is 32.6 Å². The van der Waals surface area contributed by atoms with Gasteiger partial charge in [-0.05, 0) is 25.0 Å². The third-order valence-corrected chi connectivity index (χ3v) is 6.34. The molecule has 0 fully saturated rings. The molecule has 0 aromatic carbocycles. The Morgan fingerprint density at radius 2 is 2.22 bits per heavy atom. The second kappa shape index (κ2) is 8.92. The van der Waals surface area contributed by atoms with Crippen LogP contribution in [0.25, 0.3) is 0 Å². The van der Waals surface area contributed by atoms with Crippen molar-refractivity contribution in [3.63, 3.8) is 0 Å². The van der Waals surface area contributed by atoms with E-state index < -0.39 is 0 Å². The summed E-state index contributed by atoms with van der Waals surface area (Å²) >= 11 is 8.01. The maximum Gasteiger partial charge on any atom is 0.212 e. The van der Waals surface area contributed by atoms with Gasteiger partial charge < -0.3 is 20.1 Å². The van der Waals surface area contributed by atoms with E-state index in [9.17, 15) is 0 Å². The molecule has 2 aromatic heterocycles. The zero-order chi connectivity index (χ0) is 18.6. The van der Waals surface area contributed by atoms with Gasteiger partial charge in [0.05, 0.1) is 35.9 Å². The van der Waals surface area contributed by atoms with Crippen LogP contribution in [0.5, 0.6) is 5.88 Å².